The molecule has 0 spiro atoms. The summed E-state index contributed by atoms with van der Waals surface area (Å²) in [6, 6.07) is 9.74. The topological polar surface area (TPSA) is 59.9 Å². The monoisotopic (exact) mass is 286 g/mol. The second kappa shape index (κ2) is 5.30. The number of rotatable bonds is 3. The van der Waals surface area contributed by atoms with Gasteiger partial charge in [-0.1, -0.05) is 17.7 Å². The summed E-state index contributed by atoms with van der Waals surface area (Å²) in [6.07, 6.45) is 3.15. The lowest BCUT2D eigenvalue weighted by molar-refractivity contribution is 0.413. The standard InChI is InChI=1S/C14H11ClN4O/c1-20-12-13(15)17-8-18-14(12)19-10-4-5-11-9(7-10)3-2-6-16-11/h2-8H,1H3,(H,17,18,19). The van der Waals surface area contributed by atoms with Crippen LogP contribution in [0.1, 0.15) is 0 Å². The van der Waals surface area contributed by atoms with E-state index in [1.165, 1.54) is 13.4 Å². The Morgan fingerprint density at radius 2 is 2.05 bits per heavy atom. The van der Waals surface area contributed by atoms with E-state index in [0.29, 0.717) is 11.6 Å². The van der Waals surface area contributed by atoms with Gasteiger partial charge < -0.3 is 10.1 Å². The number of ether oxygens (including phenoxy) is 1. The van der Waals surface area contributed by atoms with Gasteiger partial charge in [-0.05, 0) is 24.3 Å². The van der Waals surface area contributed by atoms with Crippen molar-refractivity contribution < 1.29 is 4.74 Å². The van der Waals surface area contributed by atoms with Crippen LogP contribution in [0, 0.1) is 0 Å². The minimum absolute atomic E-state index is 0.271. The van der Waals surface area contributed by atoms with Crippen molar-refractivity contribution in [3.8, 4) is 5.75 Å². The van der Waals surface area contributed by atoms with Crippen molar-refractivity contribution in [3.05, 3.63) is 48.0 Å². The van der Waals surface area contributed by atoms with E-state index in [4.69, 9.17) is 16.3 Å². The van der Waals surface area contributed by atoms with Crippen molar-refractivity contribution in [2.75, 3.05) is 12.4 Å². The molecule has 20 heavy (non-hydrogen) atoms. The predicted octanol–water partition coefficient (Wildman–Crippen LogP) is 3.43. The number of aromatic nitrogens is 3. The van der Waals surface area contributed by atoms with E-state index in [2.05, 4.69) is 20.3 Å². The van der Waals surface area contributed by atoms with Gasteiger partial charge in [0.15, 0.2) is 16.7 Å². The van der Waals surface area contributed by atoms with Gasteiger partial charge in [-0.3, -0.25) is 4.98 Å². The van der Waals surface area contributed by atoms with Gasteiger partial charge in [0.05, 0.1) is 12.6 Å². The van der Waals surface area contributed by atoms with E-state index in [0.717, 1.165) is 16.6 Å². The molecule has 1 aromatic carbocycles. The van der Waals surface area contributed by atoms with Crippen LogP contribution in [-0.4, -0.2) is 22.1 Å². The molecule has 2 heterocycles. The van der Waals surface area contributed by atoms with Crippen molar-refractivity contribution in [3.63, 3.8) is 0 Å². The third kappa shape index (κ3) is 2.35. The molecule has 100 valence electrons. The summed E-state index contributed by atoms with van der Waals surface area (Å²) in [5.41, 5.74) is 1.81. The number of anilines is 2. The molecule has 0 unspecified atom stereocenters. The molecule has 0 amide bonds. The number of hydrogen-bond donors (Lipinski definition) is 1. The van der Waals surface area contributed by atoms with Crippen LogP contribution in [0.15, 0.2) is 42.9 Å². The third-order valence-corrected chi connectivity index (χ3v) is 3.10. The average molecular weight is 287 g/mol. The molecule has 0 aliphatic heterocycles. The highest BCUT2D eigenvalue weighted by atomic mass is 35.5. The van der Waals surface area contributed by atoms with E-state index < -0.39 is 0 Å². The quantitative estimate of drug-likeness (QED) is 0.748. The number of halogens is 1. The maximum atomic E-state index is 5.96. The van der Waals surface area contributed by atoms with Crippen LogP contribution in [0.25, 0.3) is 10.9 Å². The first kappa shape index (κ1) is 12.6. The van der Waals surface area contributed by atoms with Gasteiger partial charge >= 0.3 is 0 Å². The highest BCUT2D eigenvalue weighted by molar-refractivity contribution is 6.31. The van der Waals surface area contributed by atoms with E-state index in [9.17, 15) is 0 Å². The predicted molar refractivity (Wildman–Crippen MR) is 78.6 cm³/mol. The van der Waals surface area contributed by atoms with Gasteiger partial charge in [0.25, 0.3) is 0 Å². The fourth-order valence-corrected chi connectivity index (χ4v) is 2.12. The first-order chi connectivity index (χ1) is 9.78. The molecule has 0 fully saturated rings. The summed E-state index contributed by atoms with van der Waals surface area (Å²) in [4.78, 5) is 12.3. The number of nitrogens with zero attached hydrogens (tertiary/aromatic N) is 3. The first-order valence-electron chi connectivity index (χ1n) is 5.94. The number of hydrogen-bond acceptors (Lipinski definition) is 5. The molecule has 0 radical (unpaired) electrons. The molecular weight excluding hydrogens is 276 g/mol. The summed E-state index contributed by atoms with van der Waals surface area (Å²) in [6.45, 7) is 0. The fraction of sp³-hybridized carbons (Fsp3) is 0.0714. The van der Waals surface area contributed by atoms with Gasteiger partial charge in [0, 0.05) is 17.3 Å². The summed E-state index contributed by atoms with van der Waals surface area (Å²) in [5.74, 6) is 0.941. The Kier molecular flexibility index (Phi) is 3.35. The van der Waals surface area contributed by atoms with Crippen LogP contribution in [0.2, 0.25) is 5.15 Å². The van der Waals surface area contributed by atoms with E-state index in [1.807, 2.05) is 30.3 Å². The largest absolute Gasteiger partial charge is 0.490 e. The van der Waals surface area contributed by atoms with Crippen LogP contribution >= 0.6 is 11.6 Å². The Hall–Kier alpha value is -2.40. The van der Waals surface area contributed by atoms with Crippen LogP contribution in [0.3, 0.4) is 0 Å². The molecule has 0 aliphatic rings. The zero-order chi connectivity index (χ0) is 13.9. The lowest BCUT2D eigenvalue weighted by Gasteiger charge is -2.10. The van der Waals surface area contributed by atoms with Crippen LogP contribution in [0.5, 0.6) is 5.75 Å². The Labute approximate surface area is 120 Å². The maximum absolute atomic E-state index is 5.96. The van der Waals surface area contributed by atoms with Crippen LogP contribution in [0.4, 0.5) is 11.5 Å². The van der Waals surface area contributed by atoms with Gasteiger partial charge in [0.2, 0.25) is 0 Å². The second-order valence-electron chi connectivity index (χ2n) is 4.08. The van der Waals surface area contributed by atoms with Gasteiger partial charge in [-0.2, -0.15) is 0 Å². The molecule has 0 atom stereocenters. The Morgan fingerprint density at radius 1 is 1.15 bits per heavy atom. The van der Waals surface area contributed by atoms with E-state index in [1.54, 1.807) is 6.20 Å². The maximum Gasteiger partial charge on any atom is 0.199 e. The van der Waals surface area contributed by atoms with Crippen molar-refractivity contribution >= 4 is 34.0 Å². The van der Waals surface area contributed by atoms with E-state index in [-0.39, 0.29) is 5.15 Å². The minimum atomic E-state index is 0.271. The summed E-state index contributed by atoms with van der Waals surface area (Å²) >= 11 is 5.96. The molecule has 5 nitrogen and oxygen atoms in total. The number of methoxy groups -OCH3 is 1. The zero-order valence-electron chi connectivity index (χ0n) is 10.7. The number of pyridine rings is 1. The molecule has 0 saturated heterocycles. The average Bonchev–Trinajstić information content (AvgIpc) is 2.47. The first-order valence-corrected chi connectivity index (χ1v) is 6.32. The Morgan fingerprint density at radius 3 is 2.90 bits per heavy atom. The molecule has 2 aromatic heterocycles. The van der Waals surface area contributed by atoms with Crippen molar-refractivity contribution in [2.24, 2.45) is 0 Å². The lowest BCUT2D eigenvalue weighted by Crippen LogP contribution is -1.99. The van der Waals surface area contributed by atoms with Crippen molar-refractivity contribution in [2.45, 2.75) is 0 Å². The van der Waals surface area contributed by atoms with Crippen LogP contribution < -0.4 is 10.1 Å². The number of fused-ring (bicyclic) bond motifs is 1. The third-order valence-electron chi connectivity index (χ3n) is 2.83. The number of benzene rings is 1. The van der Waals surface area contributed by atoms with Gasteiger partial charge in [0.1, 0.15) is 6.33 Å². The zero-order valence-corrected chi connectivity index (χ0v) is 11.4. The molecule has 6 heteroatoms. The fourth-order valence-electron chi connectivity index (χ4n) is 1.91. The molecule has 3 rings (SSSR count). The number of nitrogens with one attached hydrogen (secondary N) is 1. The lowest BCUT2D eigenvalue weighted by atomic mass is 10.2. The van der Waals surface area contributed by atoms with Crippen LogP contribution in [-0.2, 0) is 0 Å². The summed E-state index contributed by atoms with van der Waals surface area (Å²) in [7, 11) is 1.53. The SMILES string of the molecule is COc1c(Cl)ncnc1Nc1ccc2ncccc2c1. The Balaban J connectivity index is 1.99. The highest BCUT2D eigenvalue weighted by Crippen LogP contribution is 2.31. The minimum Gasteiger partial charge on any atom is -0.490 e. The van der Waals surface area contributed by atoms with E-state index >= 15 is 0 Å². The smallest absolute Gasteiger partial charge is 0.199 e. The highest BCUT2D eigenvalue weighted by Gasteiger charge is 2.10. The Bertz CT molecular complexity index is 763. The molecule has 0 saturated carbocycles. The molecule has 0 aliphatic carbocycles. The molecule has 3 aromatic rings. The normalized spacial score (nSPS) is 10.5. The van der Waals surface area contributed by atoms with Gasteiger partial charge in [-0.15, -0.1) is 0 Å². The van der Waals surface area contributed by atoms with Crippen molar-refractivity contribution in [1.29, 1.82) is 0 Å². The second-order valence-corrected chi connectivity index (χ2v) is 4.44. The summed E-state index contributed by atoms with van der Waals surface area (Å²) in [5, 5.41) is 4.48. The summed E-state index contributed by atoms with van der Waals surface area (Å²) < 4.78 is 5.20. The molecule has 1 N–H and O–H groups in total. The van der Waals surface area contributed by atoms with Gasteiger partial charge in [-0.25, -0.2) is 9.97 Å². The van der Waals surface area contributed by atoms with Crippen molar-refractivity contribution in [1.82, 2.24) is 15.0 Å². The molecular formula is C14H11ClN4O. The molecule has 0 bridgehead atoms.